The first-order valence-electron chi connectivity index (χ1n) is 7.24. The average Bonchev–Trinajstić information content (AvgIpc) is 2.85. The highest BCUT2D eigenvalue weighted by atomic mass is 79.9. The van der Waals surface area contributed by atoms with Gasteiger partial charge in [0.1, 0.15) is 16.7 Å². The molecule has 122 valence electrons. The molecule has 0 bridgehead atoms. The number of ether oxygens (including phenoxy) is 1. The number of aryl methyl sites for hydroxylation is 1. The number of carbonyl (C=O) groups is 1. The molecule has 0 aliphatic carbocycles. The molecule has 6 heteroatoms. The molecule has 1 saturated heterocycles. The zero-order valence-corrected chi connectivity index (χ0v) is 16.1. The van der Waals surface area contributed by atoms with E-state index < -0.39 is 0 Å². The second-order valence-corrected chi connectivity index (χ2v) is 7.88. The molecule has 3 nitrogen and oxygen atoms in total. The molecule has 2 aromatic rings. The molecule has 1 amide bonds. The van der Waals surface area contributed by atoms with Crippen LogP contribution in [0.5, 0.6) is 5.75 Å². The van der Waals surface area contributed by atoms with Gasteiger partial charge in [-0.25, -0.2) is 0 Å². The zero-order valence-electron chi connectivity index (χ0n) is 12.8. The third kappa shape index (κ3) is 4.06. The quantitative estimate of drug-likeness (QED) is 0.568. The van der Waals surface area contributed by atoms with Crippen molar-refractivity contribution < 1.29 is 9.53 Å². The number of hydrogen-bond donors (Lipinski definition) is 1. The molecule has 0 saturated carbocycles. The zero-order chi connectivity index (χ0) is 17.1. The second kappa shape index (κ2) is 7.51. The van der Waals surface area contributed by atoms with Crippen LogP contribution in [0.25, 0.3) is 6.08 Å². The van der Waals surface area contributed by atoms with Crippen LogP contribution < -0.4 is 10.1 Å². The van der Waals surface area contributed by atoms with Crippen molar-refractivity contribution >= 4 is 56.2 Å². The number of nitrogens with one attached hydrogen (secondary N) is 1. The van der Waals surface area contributed by atoms with Crippen LogP contribution in [-0.2, 0) is 11.4 Å². The lowest BCUT2D eigenvalue weighted by atomic mass is 10.1. The van der Waals surface area contributed by atoms with Gasteiger partial charge >= 0.3 is 0 Å². The third-order valence-electron chi connectivity index (χ3n) is 3.54. The largest absolute Gasteiger partial charge is 0.488 e. The van der Waals surface area contributed by atoms with E-state index in [2.05, 4.69) is 34.2 Å². The number of halogens is 1. The molecular formula is C18H14BrNO2S2. The summed E-state index contributed by atoms with van der Waals surface area (Å²) in [4.78, 5) is 12.4. The first kappa shape index (κ1) is 17.2. The molecule has 3 rings (SSSR count). The van der Waals surface area contributed by atoms with Crippen molar-refractivity contribution in [2.45, 2.75) is 13.5 Å². The Kier molecular flexibility index (Phi) is 5.38. The number of thiocarbonyl (C=S) groups is 1. The monoisotopic (exact) mass is 419 g/mol. The van der Waals surface area contributed by atoms with Crippen LogP contribution in [0.2, 0.25) is 0 Å². The maximum absolute atomic E-state index is 11.9. The molecule has 1 fully saturated rings. The van der Waals surface area contributed by atoms with Crippen LogP contribution in [0.3, 0.4) is 0 Å². The standard InChI is InChI=1S/C18H14BrNO2S2/c1-11-4-2-3-5-12(11)10-22-15-7-6-14(19)8-13(15)9-16-17(21)20-18(23)24-16/h2-9H,10H2,1H3,(H,20,21,23)/b16-9-. The smallest absolute Gasteiger partial charge is 0.263 e. The number of benzene rings is 2. The predicted molar refractivity (Wildman–Crippen MR) is 106 cm³/mol. The van der Waals surface area contributed by atoms with Crippen LogP contribution >= 0.6 is 39.9 Å². The number of carbonyl (C=O) groups excluding carboxylic acids is 1. The van der Waals surface area contributed by atoms with Crippen molar-refractivity contribution in [2.75, 3.05) is 0 Å². The van der Waals surface area contributed by atoms with E-state index in [0.29, 0.717) is 15.8 Å². The highest BCUT2D eigenvalue weighted by Gasteiger charge is 2.22. The lowest BCUT2D eigenvalue weighted by Crippen LogP contribution is -2.17. The van der Waals surface area contributed by atoms with Crippen molar-refractivity contribution in [2.24, 2.45) is 0 Å². The fraction of sp³-hybridized carbons (Fsp3) is 0.111. The Balaban J connectivity index is 1.86. The van der Waals surface area contributed by atoms with E-state index in [1.165, 1.54) is 17.3 Å². The lowest BCUT2D eigenvalue weighted by Gasteiger charge is -2.11. The van der Waals surface area contributed by atoms with Gasteiger partial charge in [-0.2, -0.15) is 0 Å². The van der Waals surface area contributed by atoms with E-state index in [1.807, 2.05) is 36.4 Å². The van der Waals surface area contributed by atoms with Crippen LogP contribution in [0.1, 0.15) is 16.7 Å². The number of amides is 1. The van der Waals surface area contributed by atoms with E-state index in [-0.39, 0.29) is 5.91 Å². The molecule has 0 atom stereocenters. The highest BCUT2D eigenvalue weighted by molar-refractivity contribution is 9.10. The minimum Gasteiger partial charge on any atom is -0.488 e. The van der Waals surface area contributed by atoms with Gasteiger partial charge < -0.3 is 10.1 Å². The molecular weight excluding hydrogens is 406 g/mol. The van der Waals surface area contributed by atoms with Gasteiger partial charge in [0.2, 0.25) is 0 Å². The van der Waals surface area contributed by atoms with Gasteiger partial charge in [0.05, 0.1) is 4.91 Å². The molecule has 1 heterocycles. The summed E-state index contributed by atoms with van der Waals surface area (Å²) in [6.07, 6.45) is 1.80. The first-order valence-corrected chi connectivity index (χ1v) is 9.26. The summed E-state index contributed by atoms with van der Waals surface area (Å²) in [6.45, 7) is 2.53. The maximum atomic E-state index is 11.9. The van der Waals surface area contributed by atoms with Gasteiger partial charge in [0, 0.05) is 10.0 Å². The Hall–Kier alpha value is -1.63. The van der Waals surface area contributed by atoms with E-state index in [1.54, 1.807) is 6.08 Å². The van der Waals surface area contributed by atoms with E-state index in [9.17, 15) is 4.79 Å². The third-order valence-corrected chi connectivity index (χ3v) is 5.20. The summed E-state index contributed by atoms with van der Waals surface area (Å²) < 4.78 is 7.39. The maximum Gasteiger partial charge on any atom is 0.263 e. The van der Waals surface area contributed by atoms with Crippen LogP contribution in [0, 0.1) is 6.92 Å². The summed E-state index contributed by atoms with van der Waals surface area (Å²) in [5.74, 6) is 0.551. The number of rotatable bonds is 4. The molecule has 0 aromatic heterocycles. The normalized spacial score (nSPS) is 15.7. The minimum absolute atomic E-state index is 0.171. The molecule has 1 N–H and O–H groups in total. The molecule has 0 unspecified atom stereocenters. The number of thioether (sulfide) groups is 1. The van der Waals surface area contributed by atoms with Crippen LogP contribution in [0.4, 0.5) is 0 Å². The molecule has 24 heavy (non-hydrogen) atoms. The molecule has 1 aliphatic rings. The highest BCUT2D eigenvalue weighted by Crippen LogP contribution is 2.31. The Morgan fingerprint density at radius 1 is 1.29 bits per heavy atom. The summed E-state index contributed by atoms with van der Waals surface area (Å²) >= 11 is 9.75. The average molecular weight is 420 g/mol. The lowest BCUT2D eigenvalue weighted by molar-refractivity contribution is -0.115. The van der Waals surface area contributed by atoms with Crippen molar-refractivity contribution in [3.05, 3.63) is 68.5 Å². The Labute approximate surface area is 158 Å². The Bertz CT molecular complexity index is 849. The summed E-state index contributed by atoms with van der Waals surface area (Å²) in [7, 11) is 0. The van der Waals surface area contributed by atoms with E-state index in [4.69, 9.17) is 17.0 Å². The van der Waals surface area contributed by atoms with Crippen LogP contribution in [-0.4, -0.2) is 10.2 Å². The minimum atomic E-state index is -0.171. The van der Waals surface area contributed by atoms with Crippen molar-refractivity contribution in [1.82, 2.24) is 5.32 Å². The van der Waals surface area contributed by atoms with Gasteiger partial charge in [-0.1, -0.05) is 64.2 Å². The topological polar surface area (TPSA) is 38.3 Å². The number of hydrogen-bond acceptors (Lipinski definition) is 4. The molecule has 1 aliphatic heterocycles. The SMILES string of the molecule is Cc1ccccc1COc1ccc(Br)cc1/C=C1\SC(=S)NC1=O. The summed E-state index contributed by atoms with van der Waals surface area (Å²) in [5.41, 5.74) is 3.15. The molecule has 2 aromatic carbocycles. The first-order chi connectivity index (χ1) is 11.5. The van der Waals surface area contributed by atoms with Gasteiger partial charge in [-0.3, -0.25) is 4.79 Å². The molecule has 0 spiro atoms. The Morgan fingerprint density at radius 2 is 2.08 bits per heavy atom. The summed E-state index contributed by atoms with van der Waals surface area (Å²) in [6, 6.07) is 13.8. The van der Waals surface area contributed by atoms with Crippen LogP contribution in [0.15, 0.2) is 51.8 Å². The fourth-order valence-corrected chi connectivity index (χ4v) is 3.67. The fourth-order valence-electron chi connectivity index (χ4n) is 2.25. The molecule has 0 radical (unpaired) electrons. The van der Waals surface area contributed by atoms with Crippen molar-refractivity contribution in [3.8, 4) is 5.75 Å². The van der Waals surface area contributed by atoms with Crippen molar-refractivity contribution in [3.63, 3.8) is 0 Å². The summed E-state index contributed by atoms with van der Waals surface area (Å²) in [5, 5.41) is 2.62. The predicted octanol–water partition coefficient (Wildman–Crippen LogP) is 4.83. The van der Waals surface area contributed by atoms with E-state index >= 15 is 0 Å². The van der Waals surface area contributed by atoms with Gasteiger partial charge in [0.15, 0.2) is 0 Å². The Morgan fingerprint density at radius 3 is 2.79 bits per heavy atom. The van der Waals surface area contributed by atoms with Gasteiger partial charge in [-0.05, 0) is 42.3 Å². The second-order valence-electron chi connectivity index (χ2n) is 5.25. The van der Waals surface area contributed by atoms with Crippen molar-refractivity contribution in [1.29, 1.82) is 0 Å². The van der Waals surface area contributed by atoms with Gasteiger partial charge in [0.25, 0.3) is 5.91 Å². The van der Waals surface area contributed by atoms with E-state index in [0.717, 1.165) is 21.3 Å². The van der Waals surface area contributed by atoms with Gasteiger partial charge in [-0.15, -0.1) is 0 Å².